The molecule has 0 aliphatic heterocycles. The third-order valence-corrected chi connectivity index (χ3v) is 5.26. The van der Waals surface area contributed by atoms with Gasteiger partial charge in [0.05, 0.1) is 6.04 Å². The Morgan fingerprint density at radius 2 is 1.86 bits per heavy atom. The van der Waals surface area contributed by atoms with E-state index in [1.165, 1.54) is 50.7 Å². The number of aromatic nitrogens is 1. The summed E-state index contributed by atoms with van der Waals surface area (Å²) >= 11 is 2.40. The molecule has 1 aliphatic rings. The molecular weight excluding hydrogens is 371 g/mol. The summed E-state index contributed by atoms with van der Waals surface area (Å²) in [6.45, 7) is 0. The fourth-order valence-corrected chi connectivity index (χ4v) is 3.87. The Balaban J connectivity index is 1.75. The van der Waals surface area contributed by atoms with Gasteiger partial charge in [-0.15, -0.1) is 0 Å². The van der Waals surface area contributed by atoms with Gasteiger partial charge >= 0.3 is 0 Å². The van der Waals surface area contributed by atoms with Crippen LogP contribution in [0, 0.1) is 3.57 Å². The number of halogens is 1. The van der Waals surface area contributed by atoms with Crippen LogP contribution in [0.1, 0.15) is 30.1 Å². The number of H-pyrrole nitrogens is 1. The van der Waals surface area contributed by atoms with E-state index in [2.05, 4.69) is 81.4 Å². The molecular formula is C18H17IN2. The first-order valence-corrected chi connectivity index (χ1v) is 8.51. The number of anilines is 1. The highest BCUT2D eigenvalue weighted by Gasteiger charge is 2.24. The van der Waals surface area contributed by atoms with Crippen molar-refractivity contribution >= 4 is 39.2 Å². The summed E-state index contributed by atoms with van der Waals surface area (Å²) in [5.74, 6) is 0. The number of hydrogen-bond acceptors (Lipinski definition) is 1. The van der Waals surface area contributed by atoms with Gasteiger partial charge in [0.1, 0.15) is 0 Å². The van der Waals surface area contributed by atoms with E-state index < -0.39 is 0 Å². The van der Waals surface area contributed by atoms with Gasteiger partial charge in [-0.1, -0.05) is 30.3 Å². The van der Waals surface area contributed by atoms with Crippen molar-refractivity contribution in [2.24, 2.45) is 0 Å². The Labute approximate surface area is 138 Å². The number of benzene rings is 2. The molecule has 1 heterocycles. The molecule has 3 aromatic rings. The number of aromatic amines is 1. The van der Waals surface area contributed by atoms with Crippen molar-refractivity contribution in [3.05, 3.63) is 63.4 Å². The van der Waals surface area contributed by atoms with E-state index in [9.17, 15) is 0 Å². The summed E-state index contributed by atoms with van der Waals surface area (Å²) in [6, 6.07) is 17.5. The molecule has 1 atom stereocenters. The first kappa shape index (κ1) is 13.2. The molecule has 1 unspecified atom stereocenters. The summed E-state index contributed by atoms with van der Waals surface area (Å²) in [5.41, 5.74) is 5.37. The first-order valence-electron chi connectivity index (χ1n) is 7.43. The van der Waals surface area contributed by atoms with Crippen LogP contribution in [0.25, 0.3) is 10.9 Å². The fraction of sp³-hybridized carbons (Fsp3) is 0.222. The van der Waals surface area contributed by atoms with E-state index >= 15 is 0 Å². The van der Waals surface area contributed by atoms with Crippen molar-refractivity contribution in [3.8, 4) is 0 Å². The van der Waals surface area contributed by atoms with Crippen LogP contribution >= 0.6 is 22.6 Å². The number of aryl methyl sites for hydroxylation is 1. The number of hydrogen-bond donors (Lipinski definition) is 2. The lowest BCUT2D eigenvalue weighted by atomic mass is 9.91. The monoisotopic (exact) mass is 388 g/mol. The summed E-state index contributed by atoms with van der Waals surface area (Å²) in [5, 5.41) is 5.12. The van der Waals surface area contributed by atoms with Crippen molar-refractivity contribution in [3.63, 3.8) is 0 Å². The second kappa shape index (κ2) is 5.37. The largest absolute Gasteiger partial charge is 0.376 e. The SMILES string of the molecule is Ic1ccccc1NC1CCCc2c1[nH]c1ccccc21. The number of para-hydroxylation sites is 2. The highest BCUT2D eigenvalue weighted by Crippen LogP contribution is 2.37. The third kappa shape index (κ3) is 2.33. The predicted octanol–water partition coefficient (Wildman–Crippen LogP) is 5.26. The van der Waals surface area contributed by atoms with Crippen LogP contribution < -0.4 is 5.32 Å². The number of fused-ring (bicyclic) bond motifs is 3. The van der Waals surface area contributed by atoms with Crippen molar-refractivity contribution in [1.82, 2.24) is 4.98 Å². The van der Waals surface area contributed by atoms with Crippen LogP contribution in [-0.2, 0) is 6.42 Å². The van der Waals surface area contributed by atoms with Gasteiger partial charge in [0.2, 0.25) is 0 Å². The molecule has 2 aromatic carbocycles. The Bertz CT molecular complexity index is 791. The maximum atomic E-state index is 3.73. The zero-order valence-corrected chi connectivity index (χ0v) is 13.9. The van der Waals surface area contributed by atoms with Crippen molar-refractivity contribution in [2.75, 3.05) is 5.32 Å². The van der Waals surface area contributed by atoms with Crippen molar-refractivity contribution in [1.29, 1.82) is 0 Å². The highest BCUT2D eigenvalue weighted by atomic mass is 127. The lowest BCUT2D eigenvalue weighted by molar-refractivity contribution is 0.592. The van der Waals surface area contributed by atoms with Gasteiger partial charge in [-0.25, -0.2) is 0 Å². The lowest BCUT2D eigenvalue weighted by Gasteiger charge is -2.25. The van der Waals surface area contributed by atoms with Crippen molar-refractivity contribution < 1.29 is 0 Å². The zero-order chi connectivity index (χ0) is 14.2. The minimum Gasteiger partial charge on any atom is -0.376 e. The lowest BCUT2D eigenvalue weighted by Crippen LogP contribution is -2.17. The summed E-state index contributed by atoms with van der Waals surface area (Å²) in [4.78, 5) is 3.64. The van der Waals surface area contributed by atoms with E-state index in [-0.39, 0.29) is 0 Å². The second-order valence-electron chi connectivity index (χ2n) is 5.63. The molecule has 3 heteroatoms. The third-order valence-electron chi connectivity index (χ3n) is 4.32. The number of nitrogens with one attached hydrogen (secondary N) is 2. The summed E-state index contributed by atoms with van der Waals surface area (Å²) in [7, 11) is 0. The molecule has 0 radical (unpaired) electrons. The molecule has 0 bridgehead atoms. The average Bonchev–Trinajstić information content (AvgIpc) is 2.89. The van der Waals surface area contributed by atoms with Crippen LogP contribution in [-0.4, -0.2) is 4.98 Å². The Morgan fingerprint density at radius 3 is 2.76 bits per heavy atom. The molecule has 0 spiro atoms. The van der Waals surface area contributed by atoms with Gasteiger partial charge in [0.15, 0.2) is 0 Å². The van der Waals surface area contributed by atoms with Crippen LogP contribution in [0.15, 0.2) is 48.5 Å². The normalized spacial score (nSPS) is 17.7. The van der Waals surface area contributed by atoms with Gasteiger partial charge in [-0.2, -0.15) is 0 Å². The fourth-order valence-electron chi connectivity index (χ4n) is 3.33. The molecule has 1 aromatic heterocycles. The molecule has 0 amide bonds. The van der Waals surface area contributed by atoms with Crippen LogP contribution in [0.3, 0.4) is 0 Å². The topological polar surface area (TPSA) is 27.8 Å². The van der Waals surface area contributed by atoms with E-state index in [0.29, 0.717) is 6.04 Å². The summed E-state index contributed by atoms with van der Waals surface area (Å²) < 4.78 is 1.28. The highest BCUT2D eigenvalue weighted by molar-refractivity contribution is 14.1. The van der Waals surface area contributed by atoms with Gasteiger partial charge in [-0.3, -0.25) is 0 Å². The number of rotatable bonds is 2. The van der Waals surface area contributed by atoms with Gasteiger partial charge < -0.3 is 10.3 Å². The van der Waals surface area contributed by atoms with Crippen LogP contribution in [0.5, 0.6) is 0 Å². The molecule has 106 valence electrons. The first-order chi connectivity index (χ1) is 10.3. The predicted molar refractivity (Wildman–Crippen MR) is 96.8 cm³/mol. The molecule has 0 saturated heterocycles. The summed E-state index contributed by atoms with van der Waals surface area (Å²) in [6.07, 6.45) is 3.62. The zero-order valence-electron chi connectivity index (χ0n) is 11.7. The molecule has 21 heavy (non-hydrogen) atoms. The van der Waals surface area contributed by atoms with Crippen molar-refractivity contribution in [2.45, 2.75) is 25.3 Å². The second-order valence-corrected chi connectivity index (χ2v) is 6.79. The average molecular weight is 388 g/mol. The molecule has 0 fully saturated rings. The molecule has 2 N–H and O–H groups in total. The van der Waals surface area contributed by atoms with E-state index in [1.54, 1.807) is 0 Å². The Morgan fingerprint density at radius 1 is 1.05 bits per heavy atom. The van der Waals surface area contributed by atoms with E-state index in [1.807, 2.05) is 0 Å². The van der Waals surface area contributed by atoms with Gasteiger partial charge in [0, 0.05) is 25.9 Å². The smallest absolute Gasteiger partial charge is 0.0666 e. The maximum Gasteiger partial charge on any atom is 0.0666 e. The molecule has 1 aliphatic carbocycles. The minimum atomic E-state index is 0.386. The standard InChI is InChI=1S/C18H17IN2/c19-14-8-2-4-10-16(14)20-17-11-5-7-13-12-6-1-3-9-15(12)21-18(13)17/h1-4,6,8-10,17,20-21H,5,7,11H2. The van der Waals surface area contributed by atoms with Crippen LogP contribution in [0.2, 0.25) is 0 Å². The van der Waals surface area contributed by atoms with Gasteiger partial charge in [-0.05, 0) is 65.6 Å². The minimum absolute atomic E-state index is 0.386. The van der Waals surface area contributed by atoms with Gasteiger partial charge in [0.25, 0.3) is 0 Å². The molecule has 2 nitrogen and oxygen atoms in total. The van der Waals surface area contributed by atoms with Crippen LogP contribution in [0.4, 0.5) is 5.69 Å². The quantitative estimate of drug-likeness (QED) is 0.576. The Hall–Kier alpha value is -1.49. The van der Waals surface area contributed by atoms with E-state index in [0.717, 1.165) is 0 Å². The Kier molecular flexibility index (Phi) is 3.37. The molecule has 0 saturated carbocycles. The maximum absolute atomic E-state index is 3.73. The molecule has 4 rings (SSSR count). The van der Waals surface area contributed by atoms with E-state index in [4.69, 9.17) is 0 Å².